The molecule has 0 bridgehead atoms. The molecule has 0 aliphatic carbocycles. The summed E-state index contributed by atoms with van der Waals surface area (Å²) in [7, 11) is 0. The summed E-state index contributed by atoms with van der Waals surface area (Å²) in [5.41, 5.74) is 7.05. The second-order valence-electron chi connectivity index (χ2n) is 3.72. The molecule has 0 aromatic carbocycles. The Kier molecular flexibility index (Phi) is 1.54. The monoisotopic (exact) mass is 163 g/mol. The summed E-state index contributed by atoms with van der Waals surface area (Å²) in [5.74, 6) is 0. The van der Waals surface area contributed by atoms with Crippen LogP contribution in [0.1, 0.15) is 6.92 Å². The van der Waals surface area contributed by atoms with E-state index in [0.29, 0.717) is 0 Å². The van der Waals surface area contributed by atoms with Gasteiger partial charge in [0.25, 0.3) is 0 Å². The van der Waals surface area contributed by atoms with E-state index in [1.807, 2.05) is 12.3 Å². The Balaban J connectivity index is 2.06. The molecule has 2 heterocycles. The molecule has 3 nitrogen and oxygen atoms in total. The van der Waals surface area contributed by atoms with E-state index in [-0.39, 0.29) is 5.54 Å². The van der Waals surface area contributed by atoms with Crippen LogP contribution in [-0.2, 0) is 0 Å². The van der Waals surface area contributed by atoms with Gasteiger partial charge in [-0.15, -0.1) is 0 Å². The number of nitrogens with zero attached hydrogens (tertiary/aromatic N) is 2. The molecule has 0 amide bonds. The zero-order valence-corrected chi connectivity index (χ0v) is 7.20. The minimum absolute atomic E-state index is 0.00413. The quantitative estimate of drug-likeness (QED) is 0.660. The van der Waals surface area contributed by atoms with Crippen LogP contribution in [-0.4, -0.2) is 23.6 Å². The van der Waals surface area contributed by atoms with Crippen LogP contribution < -0.4 is 10.6 Å². The molecule has 0 spiro atoms. The Labute approximate surface area is 72.2 Å². The van der Waals surface area contributed by atoms with Crippen LogP contribution in [0.4, 0.5) is 5.69 Å². The molecule has 1 aromatic rings. The van der Waals surface area contributed by atoms with Gasteiger partial charge in [-0.05, 0) is 19.1 Å². The van der Waals surface area contributed by atoms with E-state index in [1.54, 1.807) is 6.20 Å². The Morgan fingerprint density at radius 2 is 2.33 bits per heavy atom. The van der Waals surface area contributed by atoms with Crippen molar-refractivity contribution in [2.75, 3.05) is 18.0 Å². The van der Waals surface area contributed by atoms with Gasteiger partial charge in [-0.1, -0.05) is 0 Å². The minimum atomic E-state index is -0.00413. The molecule has 1 saturated heterocycles. The molecule has 0 radical (unpaired) electrons. The maximum absolute atomic E-state index is 5.89. The molecule has 2 N–H and O–H groups in total. The second-order valence-corrected chi connectivity index (χ2v) is 3.72. The van der Waals surface area contributed by atoms with Crippen molar-refractivity contribution in [3.05, 3.63) is 24.5 Å². The van der Waals surface area contributed by atoms with Gasteiger partial charge in [0.05, 0.1) is 11.9 Å². The van der Waals surface area contributed by atoms with Crippen molar-refractivity contribution in [2.45, 2.75) is 12.5 Å². The third kappa shape index (κ3) is 1.28. The van der Waals surface area contributed by atoms with Gasteiger partial charge in [0, 0.05) is 24.8 Å². The van der Waals surface area contributed by atoms with Gasteiger partial charge in [-0.25, -0.2) is 0 Å². The predicted molar refractivity (Wildman–Crippen MR) is 49.0 cm³/mol. The van der Waals surface area contributed by atoms with Crippen LogP contribution in [0, 0.1) is 0 Å². The Morgan fingerprint density at radius 3 is 2.83 bits per heavy atom. The van der Waals surface area contributed by atoms with Crippen molar-refractivity contribution in [3.8, 4) is 0 Å². The molecule has 1 aliphatic heterocycles. The van der Waals surface area contributed by atoms with Gasteiger partial charge in [0.1, 0.15) is 0 Å². The van der Waals surface area contributed by atoms with E-state index in [4.69, 9.17) is 5.73 Å². The van der Waals surface area contributed by atoms with Crippen molar-refractivity contribution in [1.82, 2.24) is 4.98 Å². The van der Waals surface area contributed by atoms with Crippen LogP contribution in [0.2, 0.25) is 0 Å². The Hall–Kier alpha value is -1.09. The number of aromatic nitrogens is 1. The predicted octanol–water partition coefficient (Wildman–Crippen LogP) is 0.619. The number of rotatable bonds is 1. The largest absolute Gasteiger partial charge is 0.366 e. The summed E-state index contributed by atoms with van der Waals surface area (Å²) in [6, 6.07) is 4.00. The van der Waals surface area contributed by atoms with Gasteiger partial charge in [-0.2, -0.15) is 0 Å². The van der Waals surface area contributed by atoms with Crippen molar-refractivity contribution >= 4 is 5.69 Å². The fourth-order valence-electron chi connectivity index (χ4n) is 1.55. The summed E-state index contributed by atoms with van der Waals surface area (Å²) in [6.45, 7) is 3.93. The number of pyridine rings is 1. The molecule has 64 valence electrons. The van der Waals surface area contributed by atoms with Gasteiger partial charge in [-0.3, -0.25) is 4.98 Å². The molecule has 0 saturated carbocycles. The molecular formula is C9H13N3. The standard InChI is InChI=1S/C9H13N3/c1-9(10)6-12(7-9)8-3-2-4-11-5-8/h2-5H,6-7,10H2,1H3. The minimum Gasteiger partial charge on any atom is -0.366 e. The molecular weight excluding hydrogens is 150 g/mol. The lowest BCUT2D eigenvalue weighted by atomic mass is 9.93. The molecule has 2 rings (SSSR count). The Morgan fingerprint density at radius 1 is 1.58 bits per heavy atom. The van der Waals surface area contributed by atoms with E-state index >= 15 is 0 Å². The topological polar surface area (TPSA) is 42.1 Å². The van der Waals surface area contributed by atoms with Crippen molar-refractivity contribution in [1.29, 1.82) is 0 Å². The number of hydrogen-bond donors (Lipinski definition) is 1. The number of hydrogen-bond acceptors (Lipinski definition) is 3. The maximum atomic E-state index is 5.89. The van der Waals surface area contributed by atoms with Crippen molar-refractivity contribution in [2.24, 2.45) is 5.73 Å². The molecule has 1 aliphatic rings. The highest BCUT2D eigenvalue weighted by molar-refractivity contribution is 5.48. The molecule has 3 heteroatoms. The first kappa shape index (κ1) is 7.55. The summed E-state index contributed by atoms with van der Waals surface area (Å²) < 4.78 is 0. The molecule has 0 unspecified atom stereocenters. The van der Waals surface area contributed by atoms with Crippen LogP contribution in [0.15, 0.2) is 24.5 Å². The van der Waals surface area contributed by atoms with Crippen molar-refractivity contribution in [3.63, 3.8) is 0 Å². The smallest absolute Gasteiger partial charge is 0.0554 e. The van der Waals surface area contributed by atoms with E-state index in [9.17, 15) is 0 Å². The summed E-state index contributed by atoms with van der Waals surface area (Å²) in [4.78, 5) is 6.28. The average Bonchev–Trinajstić information content (AvgIpc) is 2.02. The first-order valence-electron chi connectivity index (χ1n) is 4.11. The summed E-state index contributed by atoms with van der Waals surface area (Å²) in [5, 5.41) is 0. The normalized spacial score (nSPS) is 20.3. The highest BCUT2D eigenvalue weighted by Gasteiger charge is 2.34. The van der Waals surface area contributed by atoms with E-state index in [2.05, 4.69) is 22.9 Å². The third-order valence-electron chi connectivity index (χ3n) is 2.12. The lowest BCUT2D eigenvalue weighted by Gasteiger charge is -2.46. The lowest BCUT2D eigenvalue weighted by Crippen LogP contribution is -2.65. The number of anilines is 1. The maximum Gasteiger partial charge on any atom is 0.0554 e. The van der Waals surface area contributed by atoms with Crippen LogP contribution in [0.25, 0.3) is 0 Å². The molecule has 1 fully saturated rings. The number of nitrogens with two attached hydrogens (primary N) is 1. The molecule has 1 aromatic heterocycles. The van der Waals surface area contributed by atoms with E-state index < -0.39 is 0 Å². The molecule has 12 heavy (non-hydrogen) atoms. The van der Waals surface area contributed by atoms with Gasteiger partial charge >= 0.3 is 0 Å². The first-order valence-corrected chi connectivity index (χ1v) is 4.11. The van der Waals surface area contributed by atoms with Crippen molar-refractivity contribution < 1.29 is 0 Å². The van der Waals surface area contributed by atoms with E-state index in [1.165, 1.54) is 5.69 Å². The SMILES string of the molecule is CC1(N)CN(c2cccnc2)C1. The Bertz CT molecular complexity index is 260. The van der Waals surface area contributed by atoms with Gasteiger partial charge in [0.2, 0.25) is 0 Å². The van der Waals surface area contributed by atoms with Crippen LogP contribution >= 0.6 is 0 Å². The summed E-state index contributed by atoms with van der Waals surface area (Å²) >= 11 is 0. The lowest BCUT2D eigenvalue weighted by molar-refractivity contribution is 0.365. The molecule has 0 atom stereocenters. The second kappa shape index (κ2) is 2.45. The fraction of sp³-hybridized carbons (Fsp3) is 0.444. The first-order chi connectivity index (χ1) is 5.67. The van der Waals surface area contributed by atoms with Gasteiger partial charge in [0.15, 0.2) is 0 Å². The zero-order valence-electron chi connectivity index (χ0n) is 7.20. The van der Waals surface area contributed by atoms with Crippen LogP contribution in [0.5, 0.6) is 0 Å². The van der Waals surface area contributed by atoms with Gasteiger partial charge < -0.3 is 10.6 Å². The zero-order chi connectivity index (χ0) is 8.60. The summed E-state index contributed by atoms with van der Waals surface area (Å²) in [6.07, 6.45) is 3.65. The van der Waals surface area contributed by atoms with E-state index in [0.717, 1.165) is 13.1 Å². The average molecular weight is 163 g/mol. The third-order valence-corrected chi connectivity index (χ3v) is 2.12. The fourth-order valence-corrected chi connectivity index (χ4v) is 1.55. The highest BCUT2D eigenvalue weighted by Crippen LogP contribution is 2.24. The highest BCUT2D eigenvalue weighted by atomic mass is 15.2. The van der Waals surface area contributed by atoms with Crippen LogP contribution in [0.3, 0.4) is 0 Å².